The summed E-state index contributed by atoms with van der Waals surface area (Å²) in [6, 6.07) is 13.3. The number of ether oxygens (including phenoxy) is 3. The van der Waals surface area contributed by atoms with Gasteiger partial charge in [0.05, 0.1) is 53.7 Å². The number of nitrogens with zero attached hydrogens (tertiary/aromatic N) is 6. The summed E-state index contributed by atoms with van der Waals surface area (Å²) < 4.78 is 49.2. The Morgan fingerprint density at radius 2 is 2.00 bits per heavy atom. The number of piperidine rings is 1. The van der Waals surface area contributed by atoms with Crippen molar-refractivity contribution in [1.29, 1.82) is 5.26 Å². The number of anilines is 2. The molecule has 42 heavy (non-hydrogen) atoms. The van der Waals surface area contributed by atoms with Crippen LogP contribution in [0, 0.1) is 18.3 Å². The van der Waals surface area contributed by atoms with Gasteiger partial charge in [-0.3, -0.25) is 4.98 Å². The third kappa shape index (κ3) is 5.10. The molecule has 1 aliphatic heterocycles. The molecule has 1 atom stereocenters. The normalized spacial score (nSPS) is 16.7. The second-order valence-corrected chi connectivity index (χ2v) is 10.2. The van der Waals surface area contributed by atoms with Gasteiger partial charge >= 0.3 is 0 Å². The molecule has 214 valence electrons. The molecule has 1 aromatic carbocycles. The molecule has 4 aromatic heterocycles. The van der Waals surface area contributed by atoms with E-state index in [1.807, 2.05) is 31.2 Å². The molecule has 12 heteroatoms. The molecule has 0 radical (unpaired) electrons. The molecule has 10 nitrogen and oxygen atoms in total. The number of hydrogen-bond donors (Lipinski definition) is 1. The number of nitriles is 1. The summed E-state index contributed by atoms with van der Waals surface area (Å²) in [6.07, 6.45) is 5.06. The molecule has 0 amide bonds. The van der Waals surface area contributed by atoms with E-state index in [4.69, 9.17) is 14.2 Å². The Hall–Kier alpha value is -5.02. The first-order chi connectivity index (χ1) is 20.3. The zero-order valence-electron chi connectivity index (χ0n) is 23.1. The predicted octanol–water partition coefficient (Wildman–Crippen LogP) is 5.72. The Kier molecular flexibility index (Phi) is 6.96. The van der Waals surface area contributed by atoms with Gasteiger partial charge in [-0.25, -0.2) is 18.3 Å². The van der Waals surface area contributed by atoms with Crippen molar-refractivity contribution in [3.8, 4) is 29.2 Å². The molecular weight excluding hydrogens is 544 g/mol. The van der Waals surface area contributed by atoms with Gasteiger partial charge in [0.15, 0.2) is 11.9 Å². The Morgan fingerprint density at radius 1 is 1.14 bits per heavy atom. The number of aryl methyl sites for hydroxylation is 1. The molecule has 1 saturated heterocycles. The molecular formula is C30H27F2N7O3. The lowest BCUT2D eigenvalue weighted by Crippen LogP contribution is -2.52. The summed E-state index contributed by atoms with van der Waals surface area (Å²) in [5.74, 6) is -1.84. The number of methoxy groups -OCH3 is 1. The number of nitrogens with one attached hydrogen (secondary N) is 1. The van der Waals surface area contributed by atoms with Gasteiger partial charge in [-0.1, -0.05) is 0 Å². The average Bonchev–Trinajstić information content (AvgIpc) is 3.44. The number of hydrogen-bond acceptors (Lipinski definition) is 9. The molecule has 6 rings (SSSR count). The van der Waals surface area contributed by atoms with Gasteiger partial charge in [-0.05, 0) is 55.9 Å². The van der Waals surface area contributed by atoms with Crippen molar-refractivity contribution >= 4 is 27.8 Å². The first-order valence-electron chi connectivity index (χ1n) is 13.2. The lowest BCUT2D eigenvalue weighted by molar-refractivity contribution is -0.135. The Balaban J connectivity index is 1.37. The molecule has 0 saturated carbocycles. The molecule has 0 spiro atoms. The third-order valence-corrected chi connectivity index (χ3v) is 7.17. The quantitative estimate of drug-likeness (QED) is 0.262. The highest BCUT2D eigenvalue weighted by atomic mass is 19.3. The minimum absolute atomic E-state index is 0.00187. The maximum atomic E-state index is 15.0. The van der Waals surface area contributed by atoms with E-state index < -0.39 is 18.6 Å². The summed E-state index contributed by atoms with van der Waals surface area (Å²) in [6.45, 7) is 1.90. The molecule has 5 heterocycles. The van der Waals surface area contributed by atoms with Crippen LogP contribution in [-0.2, 0) is 0 Å². The van der Waals surface area contributed by atoms with Crippen molar-refractivity contribution in [1.82, 2.24) is 24.5 Å². The number of halogens is 2. The fourth-order valence-electron chi connectivity index (χ4n) is 5.05. The maximum absolute atomic E-state index is 15.0. The number of likely N-dealkylation sites (tertiary alicyclic amines) is 1. The number of alkyl halides is 2. The van der Waals surface area contributed by atoms with Gasteiger partial charge in [0.25, 0.3) is 11.8 Å². The van der Waals surface area contributed by atoms with E-state index in [0.29, 0.717) is 40.3 Å². The van der Waals surface area contributed by atoms with Gasteiger partial charge in [-0.2, -0.15) is 10.4 Å². The zero-order chi connectivity index (χ0) is 29.4. The fraction of sp³-hybridized carbons (Fsp3) is 0.267. The second kappa shape index (κ2) is 10.8. The van der Waals surface area contributed by atoms with Crippen molar-refractivity contribution in [2.75, 3.05) is 32.6 Å². The Labute approximate surface area is 240 Å². The SMILES string of the molecule is COc1ncc2ncc(C#N)c(Nc3ccc(Oc4ccc5ccnn5c4)c(C)c3)c2c1O[C@@H]1CCN(C)CC1(F)F. The van der Waals surface area contributed by atoms with Crippen LogP contribution in [0.4, 0.5) is 20.2 Å². The Bertz CT molecular complexity index is 1840. The molecule has 0 bridgehead atoms. The first-order valence-corrected chi connectivity index (χ1v) is 13.2. The van der Waals surface area contributed by atoms with Gasteiger partial charge in [0, 0.05) is 31.0 Å². The van der Waals surface area contributed by atoms with Gasteiger partial charge in [-0.15, -0.1) is 0 Å². The van der Waals surface area contributed by atoms with Crippen LogP contribution in [0.1, 0.15) is 17.5 Å². The average molecular weight is 572 g/mol. The van der Waals surface area contributed by atoms with Crippen LogP contribution in [-0.4, -0.2) is 63.8 Å². The molecule has 0 unspecified atom stereocenters. The lowest BCUT2D eigenvalue weighted by Gasteiger charge is -2.36. The van der Waals surface area contributed by atoms with Crippen LogP contribution >= 0.6 is 0 Å². The van der Waals surface area contributed by atoms with E-state index in [1.165, 1.54) is 19.5 Å². The summed E-state index contributed by atoms with van der Waals surface area (Å²) in [7, 11) is 3.03. The summed E-state index contributed by atoms with van der Waals surface area (Å²) in [5.41, 5.74) is 3.30. The van der Waals surface area contributed by atoms with E-state index in [-0.39, 0.29) is 23.6 Å². The number of aromatic nitrogens is 4. The van der Waals surface area contributed by atoms with E-state index in [2.05, 4.69) is 26.5 Å². The van der Waals surface area contributed by atoms with Crippen LogP contribution in [0.15, 0.2) is 61.2 Å². The smallest absolute Gasteiger partial charge is 0.296 e. The standard InChI is InChI=1S/C30H27F2N7O3/c1-18-12-20(4-7-24(18)41-22-6-5-21-8-10-36-39(21)16-22)37-27-19(13-33)14-34-23-15-35-29(40-3)28(26(23)27)42-25-9-11-38(2)17-30(25,31)32/h4-8,10,12,14-16,25H,9,11,17H2,1-3H3,(H,34,37)/t25-/m1/s1. The number of rotatable bonds is 7. The van der Waals surface area contributed by atoms with Crippen molar-refractivity contribution in [3.63, 3.8) is 0 Å². The highest BCUT2D eigenvalue weighted by Crippen LogP contribution is 2.43. The van der Waals surface area contributed by atoms with Crippen molar-refractivity contribution in [3.05, 3.63) is 72.3 Å². The molecule has 0 aliphatic carbocycles. The van der Waals surface area contributed by atoms with Crippen LogP contribution in [0.25, 0.3) is 16.4 Å². The molecule has 1 N–H and O–H groups in total. The van der Waals surface area contributed by atoms with Gasteiger partial charge in [0.1, 0.15) is 17.6 Å². The second-order valence-electron chi connectivity index (χ2n) is 10.2. The minimum Gasteiger partial charge on any atom is -0.478 e. The first kappa shape index (κ1) is 27.2. The maximum Gasteiger partial charge on any atom is 0.296 e. The number of fused-ring (bicyclic) bond motifs is 2. The van der Waals surface area contributed by atoms with E-state index in [0.717, 1.165) is 11.1 Å². The Morgan fingerprint density at radius 3 is 2.76 bits per heavy atom. The van der Waals surface area contributed by atoms with Gasteiger partial charge in [0.2, 0.25) is 0 Å². The highest BCUT2D eigenvalue weighted by molar-refractivity contribution is 6.01. The molecule has 1 fully saturated rings. The number of benzene rings is 1. The van der Waals surface area contributed by atoms with Crippen LogP contribution in [0.2, 0.25) is 0 Å². The van der Waals surface area contributed by atoms with Crippen molar-refractivity contribution < 1.29 is 23.0 Å². The largest absolute Gasteiger partial charge is 0.478 e. The highest BCUT2D eigenvalue weighted by Gasteiger charge is 2.46. The van der Waals surface area contributed by atoms with E-state index in [9.17, 15) is 5.26 Å². The summed E-state index contributed by atoms with van der Waals surface area (Å²) >= 11 is 0. The van der Waals surface area contributed by atoms with E-state index in [1.54, 1.807) is 41.0 Å². The third-order valence-electron chi connectivity index (χ3n) is 7.17. The van der Waals surface area contributed by atoms with Gasteiger partial charge < -0.3 is 24.4 Å². The number of pyridine rings is 3. The van der Waals surface area contributed by atoms with Crippen LogP contribution in [0.3, 0.4) is 0 Å². The molecule has 5 aromatic rings. The molecule has 1 aliphatic rings. The minimum atomic E-state index is -3.11. The van der Waals surface area contributed by atoms with Crippen molar-refractivity contribution in [2.45, 2.75) is 25.4 Å². The van der Waals surface area contributed by atoms with Crippen LogP contribution < -0.4 is 19.5 Å². The van der Waals surface area contributed by atoms with E-state index >= 15 is 8.78 Å². The summed E-state index contributed by atoms with van der Waals surface area (Å²) in [4.78, 5) is 10.1. The monoisotopic (exact) mass is 571 g/mol. The topological polar surface area (TPSA) is 110 Å². The fourth-order valence-corrected chi connectivity index (χ4v) is 5.05. The van der Waals surface area contributed by atoms with Crippen LogP contribution in [0.5, 0.6) is 23.1 Å². The zero-order valence-corrected chi connectivity index (χ0v) is 23.1. The lowest BCUT2D eigenvalue weighted by atomic mass is 10.0. The predicted molar refractivity (Wildman–Crippen MR) is 152 cm³/mol. The summed E-state index contributed by atoms with van der Waals surface area (Å²) in [5, 5.41) is 17.8. The van der Waals surface area contributed by atoms with Crippen molar-refractivity contribution in [2.24, 2.45) is 0 Å².